The third-order valence-electron chi connectivity index (χ3n) is 4.76. The standard InChI is InChI=1S/C20H23N3/c1-15-5-4-12-23(13-15)14-16-8-10-17(11-9-16)20-21-18-6-2-3-7-19(18)22-20/h2-3,6-11,15H,4-5,12-14H2,1H3,(H,21,22). The van der Waals surface area contributed by atoms with Crippen LogP contribution in [0.3, 0.4) is 0 Å². The number of hydrogen-bond acceptors (Lipinski definition) is 2. The van der Waals surface area contributed by atoms with Crippen LogP contribution >= 0.6 is 0 Å². The molecule has 23 heavy (non-hydrogen) atoms. The van der Waals surface area contributed by atoms with Gasteiger partial charge in [0.05, 0.1) is 11.0 Å². The van der Waals surface area contributed by atoms with Crippen molar-refractivity contribution in [3.8, 4) is 11.4 Å². The van der Waals surface area contributed by atoms with Crippen LogP contribution in [0.1, 0.15) is 25.3 Å². The zero-order valence-electron chi connectivity index (χ0n) is 13.6. The third kappa shape index (κ3) is 3.15. The van der Waals surface area contributed by atoms with Gasteiger partial charge in [0.15, 0.2) is 0 Å². The van der Waals surface area contributed by atoms with Gasteiger partial charge < -0.3 is 4.98 Å². The van der Waals surface area contributed by atoms with Crippen LogP contribution in [0.25, 0.3) is 22.4 Å². The first kappa shape index (κ1) is 14.5. The Bertz CT molecular complexity index is 755. The molecular formula is C20H23N3. The van der Waals surface area contributed by atoms with Crippen LogP contribution in [0.5, 0.6) is 0 Å². The van der Waals surface area contributed by atoms with Crippen molar-refractivity contribution in [2.45, 2.75) is 26.3 Å². The average molecular weight is 305 g/mol. The van der Waals surface area contributed by atoms with E-state index in [1.165, 1.54) is 31.5 Å². The molecule has 2 heterocycles. The van der Waals surface area contributed by atoms with E-state index in [2.05, 4.69) is 52.1 Å². The first-order valence-corrected chi connectivity index (χ1v) is 8.54. The number of aromatic amines is 1. The summed E-state index contributed by atoms with van der Waals surface area (Å²) in [4.78, 5) is 10.6. The van der Waals surface area contributed by atoms with E-state index in [-0.39, 0.29) is 0 Å². The molecule has 1 aliphatic rings. The molecule has 0 spiro atoms. The lowest BCUT2D eigenvalue weighted by Crippen LogP contribution is -2.33. The molecule has 3 aromatic rings. The first-order valence-electron chi connectivity index (χ1n) is 8.54. The highest BCUT2D eigenvalue weighted by atomic mass is 15.1. The Morgan fingerprint density at radius 1 is 1.13 bits per heavy atom. The van der Waals surface area contributed by atoms with E-state index in [1.807, 2.05) is 18.2 Å². The molecule has 118 valence electrons. The van der Waals surface area contributed by atoms with Crippen molar-refractivity contribution in [1.82, 2.24) is 14.9 Å². The molecule has 0 amide bonds. The molecule has 1 unspecified atom stereocenters. The normalized spacial score (nSPS) is 19.3. The van der Waals surface area contributed by atoms with Gasteiger partial charge >= 0.3 is 0 Å². The van der Waals surface area contributed by atoms with E-state index in [0.29, 0.717) is 0 Å². The fourth-order valence-corrected chi connectivity index (χ4v) is 3.55. The van der Waals surface area contributed by atoms with Gasteiger partial charge in [-0.15, -0.1) is 0 Å². The molecule has 0 bridgehead atoms. The van der Waals surface area contributed by atoms with E-state index in [4.69, 9.17) is 0 Å². The van der Waals surface area contributed by atoms with Gasteiger partial charge in [0.25, 0.3) is 0 Å². The predicted molar refractivity (Wildman–Crippen MR) is 95.2 cm³/mol. The van der Waals surface area contributed by atoms with Gasteiger partial charge in [0.2, 0.25) is 0 Å². The average Bonchev–Trinajstić information content (AvgIpc) is 2.99. The fraction of sp³-hybridized carbons (Fsp3) is 0.350. The summed E-state index contributed by atoms with van der Waals surface area (Å²) in [6, 6.07) is 17.0. The molecule has 3 heteroatoms. The summed E-state index contributed by atoms with van der Waals surface area (Å²) in [6.45, 7) is 5.88. The molecule has 4 rings (SSSR count). The quantitative estimate of drug-likeness (QED) is 0.774. The van der Waals surface area contributed by atoms with Gasteiger partial charge in [-0.25, -0.2) is 4.98 Å². The Morgan fingerprint density at radius 3 is 2.74 bits per heavy atom. The van der Waals surface area contributed by atoms with E-state index in [9.17, 15) is 0 Å². The highest BCUT2D eigenvalue weighted by molar-refractivity contribution is 5.79. The zero-order valence-corrected chi connectivity index (χ0v) is 13.6. The number of imidazole rings is 1. The van der Waals surface area contributed by atoms with Crippen molar-refractivity contribution >= 4 is 11.0 Å². The van der Waals surface area contributed by atoms with E-state index >= 15 is 0 Å². The molecule has 1 fully saturated rings. The largest absolute Gasteiger partial charge is 0.338 e. The van der Waals surface area contributed by atoms with Gasteiger partial charge in [-0.05, 0) is 43.0 Å². The van der Waals surface area contributed by atoms with Gasteiger partial charge in [-0.2, -0.15) is 0 Å². The number of nitrogens with zero attached hydrogens (tertiary/aromatic N) is 2. The number of rotatable bonds is 3. The second kappa shape index (κ2) is 6.17. The second-order valence-corrected chi connectivity index (χ2v) is 6.78. The summed E-state index contributed by atoms with van der Waals surface area (Å²) in [5.41, 5.74) is 4.65. The number of fused-ring (bicyclic) bond motifs is 1. The van der Waals surface area contributed by atoms with E-state index in [0.717, 1.165) is 34.9 Å². The summed E-state index contributed by atoms with van der Waals surface area (Å²) >= 11 is 0. The van der Waals surface area contributed by atoms with Crippen molar-refractivity contribution in [2.24, 2.45) is 5.92 Å². The molecular weight excluding hydrogens is 282 g/mol. The minimum Gasteiger partial charge on any atom is -0.338 e. The number of nitrogens with one attached hydrogen (secondary N) is 1. The summed E-state index contributed by atoms with van der Waals surface area (Å²) < 4.78 is 0. The SMILES string of the molecule is CC1CCCN(Cc2ccc(-c3nc4ccccc4[nH]3)cc2)C1. The molecule has 1 aromatic heterocycles. The molecule has 3 nitrogen and oxygen atoms in total. The number of benzene rings is 2. The Morgan fingerprint density at radius 2 is 1.96 bits per heavy atom. The second-order valence-electron chi connectivity index (χ2n) is 6.78. The molecule has 1 saturated heterocycles. The van der Waals surface area contributed by atoms with Crippen LogP contribution in [-0.2, 0) is 6.54 Å². The summed E-state index contributed by atoms with van der Waals surface area (Å²) in [7, 11) is 0. The number of hydrogen-bond donors (Lipinski definition) is 1. The molecule has 1 atom stereocenters. The number of piperidine rings is 1. The maximum absolute atomic E-state index is 4.67. The number of aromatic nitrogens is 2. The Labute approximate surface area is 137 Å². The van der Waals surface area contributed by atoms with Crippen molar-refractivity contribution in [3.05, 3.63) is 54.1 Å². The Kier molecular flexibility index (Phi) is 3.88. The van der Waals surface area contributed by atoms with Crippen LogP contribution in [0.2, 0.25) is 0 Å². The minimum absolute atomic E-state index is 0.832. The van der Waals surface area contributed by atoms with Gasteiger partial charge in [0, 0.05) is 18.7 Å². The minimum atomic E-state index is 0.832. The lowest BCUT2D eigenvalue weighted by molar-refractivity contribution is 0.176. The molecule has 2 aromatic carbocycles. The van der Waals surface area contributed by atoms with Crippen molar-refractivity contribution in [1.29, 1.82) is 0 Å². The molecule has 0 aliphatic carbocycles. The highest BCUT2D eigenvalue weighted by Gasteiger charge is 2.16. The van der Waals surface area contributed by atoms with Crippen LogP contribution in [-0.4, -0.2) is 28.0 Å². The van der Waals surface area contributed by atoms with Crippen LogP contribution in [0.15, 0.2) is 48.5 Å². The Balaban J connectivity index is 1.51. The lowest BCUT2D eigenvalue weighted by atomic mass is 9.99. The zero-order chi connectivity index (χ0) is 15.6. The van der Waals surface area contributed by atoms with Crippen molar-refractivity contribution in [3.63, 3.8) is 0 Å². The molecule has 1 N–H and O–H groups in total. The maximum atomic E-state index is 4.67. The fourth-order valence-electron chi connectivity index (χ4n) is 3.55. The van der Waals surface area contributed by atoms with Crippen molar-refractivity contribution < 1.29 is 0 Å². The first-order chi connectivity index (χ1) is 11.3. The predicted octanol–water partition coefficient (Wildman–Crippen LogP) is 4.46. The number of H-pyrrole nitrogens is 1. The topological polar surface area (TPSA) is 31.9 Å². The van der Waals surface area contributed by atoms with Crippen LogP contribution in [0.4, 0.5) is 0 Å². The summed E-state index contributed by atoms with van der Waals surface area (Å²) in [5.74, 6) is 1.78. The maximum Gasteiger partial charge on any atom is 0.138 e. The van der Waals surface area contributed by atoms with Gasteiger partial charge in [-0.3, -0.25) is 4.90 Å². The number of likely N-dealkylation sites (tertiary alicyclic amines) is 1. The smallest absolute Gasteiger partial charge is 0.138 e. The van der Waals surface area contributed by atoms with E-state index in [1.54, 1.807) is 0 Å². The highest BCUT2D eigenvalue weighted by Crippen LogP contribution is 2.22. The number of para-hydroxylation sites is 2. The monoisotopic (exact) mass is 305 g/mol. The van der Waals surface area contributed by atoms with Crippen LogP contribution in [0, 0.1) is 5.92 Å². The van der Waals surface area contributed by atoms with E-state index < -0.39 is 0 Å². The summed E-state index contributed by atoms with van der Waals surface area (Å²) in [5, 5.41) is 0. The third-order valence-corrected chi connectivity index (χ3v) is 4.76. The van der Waals surface area contributed by atoms with Crippen molar-refractivity contribution in [2.75, 3.05) is 13.1 Å². The molecule has 0 radical (unpaired) electrons. The molecule has 0 saturated carbocycles. The molecule has 1 aliphatic heterocycles. The van der Waals surface area contributed by atoms with Gasteiger partial charge in [-0.1, -0.05) is 43.3 Å². The lowest BCUT2D eigenvalue weighted by Gasteiger charge is -2.30. The summed E-state index contributed by atoms with van der Waals surface area (Å²) in [6.07, 6.45) is 2.71. The Hall–Kier alpha value is -2.13. The van der Waals surface area contributed by atoms with Crippen LogP contribution < -0.4 is 0 Å². The van der Waals surface area contributed by atoms with Gasteiger partial charge in [0.1, 0.15) is 5.82 Å².